The van der Waals surface area contributed by atoms with Crippen molar-refractivity contribution in [3.8, 4) is 0 Å². The number of carbonyl (C=O) groups is 1. The van der Waals surface area contributed by atoms with Crippen molar-refractivity contribution in [2.75, 3.05) is 7.11 Å². The Morgan fingerprint density at radius 3 is 2.80 bits per heavy atom. The van der Waals surface area contributed by atoms with Crippen LogP contribution in [0.2, 0.25) is 0 Å². The summed E-state index contributed by atoms with van der Waals surface area (Å²) in [5.74, 6) is 0.852. The average Bonchev–Trinajstić information content (AvgIpc) is 2.71. The summed E-state index contributed by atoms with van der Waals surface area (Å²) >= 11 is 0. The highest BCUT2D eigenvalue weighted by atomic mass is 16.5. The predicted molar refractivity (Wildman–Crippen MR) is 38.8 cm³/mol. The molecule has 0 radical (unpaired) electrons. The molecule has 1 aliphatic carbocycles. The second-order valence-corrected chi connectivity index (χ2v) is 2.94. The summed E-state index contributed by atoms with van der Waals surface area (Å²) < 4.78 is 5.11. The van der Waals surface area contributed by atoms with Crippen molar-refractivity contribution in [1.82, 2.24) is 0 Å². The zero-order valence-corrected chi connectivity index (χ0v) is 6.38. The second kappa shape index (κ2) is 3.71. The van der Waals surface area contributed by atoms with Crippen LogP contribution in [0.25, 0.3) is 0 Å². The quantitative estimate of drug-likeness (QED) is 0.542. The van der Waals surface area contributed by atoms with E-state index in [4.69, 9.17) is 4.74 Å². The fourth-order valence-corrected chi connectivity index (χ4v) is 1.12. The Morgan fingerprint density at radius 1 is 1.70 bits per heavy atom. The minimum atomic E-state index is 0.185. The van der Waals surface area contributed by atoms with Gasteiger partial charge in [0.05, 0.1) is 6.10 Å². The van der Waals surface area contributed by atoms with E-state index in [2.05, 4.69) is 0 Å². The molecule has 0 N–H and O–H groups in total. The maximum absolute atomic E-state index is 10.1. The van der Waals surface area contributed by atoms with Gasteiger partial charge in [0.1, 0.15) is 6.29 Å². The number of hydrogen-bond donors (Lipinski definition) is 0. The SMILES string of the molecule is COC(CC=O)CC1CC1. The van der Waals surface area contributed by atoms with Crippen LogP contribution in [0.3, 0.4) is 0 Å². The van der Waals surface area contributed by atoms with Crippen molar-refractivity contribution in [3.63, 3.8) is 0 Å². The zero-order valence-electron chi connectivity index (χ0n) is 6.38. The summed E-state index contributed by atoms with van der Waals surface area (Å²) in [6.07, 6.45) is 5.43. The lowest BCUT2D eigenvalue weighted by molar-refractivity contribution is -0.110. The van der Waals surface area contributed by atoms with E-state index in [1.807, 2.05) is 0 Å². The van der Waals surface area contributed by atoms with Crippen LogP contribution in [0, 0.1) is 5.92 Å². The Kier molecular flexibility index (Phi) is 2.87. The topological polar surface area (TPSA) is 26.3 Å². The first kappa shape index (κ1) is 7.73. The lowest BCUT2D eigenvalue weighted by Crippen LogP contribution is -2.11. The maximum atomic E-state index is 10.1. The molecule has 2 nitrogen and oxygen atoms in total. The van der Waals surface area contributed by atoms with E-state index in [0.29, 0.717) is 6.42 Å². The molecular weight excluding hydrogens is 128 g/mol. The molecule has 0 aliphatic heterocycles. The van der Waals surface area contributed by atoms with E-state index in [9.17, 15) is 4.79 Å². The minimum absolute atomic E-state index is 0.185. The molecule has 58 valence electrons. The van der Waals surface area contributed by atoms with E-state index < -0.39 is 0 Å². The van der Waals surface area contributed by atoms with Gasteiger partial charge in [-0.25, -0.2) is 0 Å². The van der Waals surface area contributed by atoms with Crippen LogP contribution in [-0.2, 0) is 9.53 Å². The van der Waals surface area contributed by atoms with E-state index in [0.717, 1.165) is 18.6 Å². The minimum Gasteiger partial charge on any atom is -0.381 e. The Bertz CT molecular complexity index is 108. The number of carbonyl (C=O) groups excluding carboxylic acids is 1. The molecule has 1 aliphatic rings. The van der Waals surface area contributed by atoms with Crippen LogP contribution in [0.1, 0.15) is 25.7 Å². The standard InChI is InChI=1S/C8H14O2/c1-10-8(4-5-9)6-7-2-3-7/h5,7-8H,2-4,6H2,1H3. The number of ether oxygens (including phenoxy) is 1. The molecule has 1 atom stereocenters. The summed E-state index contributed by atoms with van der Waals surface area (Å²) in [6, 6.07) is 0. The molecule has 2 heteroatoms. The van der Waals surface area contributed by atoms with Crippen molar-refractivity contribution in [3.05, 3.63) is 0 Å². The van der Waals surface area contributed by atoms with Gasteiger partial charge in [-0.1, -0.05) is 12.8 Å². The molecule has 0 saturated heterocycles. The number of methoxy groups -OCH3 is 1. The number of aldehydes is 1. The van der Waals surface area contributed by atoms with Gasteiger partial charge >= 0.3 is 0 Å². The molecular formula is C8H14O2. The summed E-state index contributed by atoms with van der Waals surface area (Å²) in [5.41, 5.74) is 0. The van der Waals surface area contributed by atoms with E-state index in [1.54, 1.807) is 7.11 Å². The second-order valence-electron chi connectivity index (χ2n) is 2.94. The molecule has 0 amide bonds. The first-order valence-corrected chi connectivity index (χ1v) is 3.83. The summed E-state index contributed by atoms with van der Waals surface area (Å²) in [5, 5.41) is 0. The Balaban J connectivity index is 2.11. The molecule has 1 fully saturated rings. The first-order chi connectivity index (χ1) is 4.86. The molecule has 0 heterocycles. The van der Waals surface area contributed by atoms with Gasteiger partial charge in [0, 0.05) is 13.5 Å². The predicted octanol–water partition coefficient (Wildman–Crippen LogP) is 1.39. The lowest BCUT2D eigenvalue weighted by Gasteiger charge is -2.09. The van der Waals surface area contributed by atoms with Gasteiger partial charge in [0.25, 0.3) is 0 Å². The molecule has 1 rings (SSSR count). The van der Waals surface area contributed by atoms with Crippen molar-refractivity contribution < 1.29 is 9.53 Å². The number of rotatable bonds is 5. The monoisotopic (exact) mass is 142 g/mol. The third-order valence-corrected chi connectivity index (χ3v) is 1.99. The molecule has 0 spiro atoms. The summed E-state index contributed by atoms with van der Waals surface area (Å²) in [4.78, 5) is 10.1. The smallest absolute Gasteiger partial charge is 0.122 e. The van der Waals surface area contributed by atoms with Crippen LogP contribution >= 0.6 is 0 Å². The van der Waals surface area contributed by atoms with Crippen molar-refractivity contribution in [1.29, 1.82) is 0 Å². The molecule has 0 aromatic carbocycles. The lowest BCUT2D eigenvalue weighted by atomic mass is 10.1. The highest BCUT2D eigenvalue weighted by Gasteiger charge is 2.24. The van der Waals surface area contributed by atoms with Crippen molar-refractivity contribution in [2.45, 2.75) is 31.8 Å². The van der Waals surface area contributed by atoms with Crippen LogP contribution in [-0.4, -0.2) is 19.5 Å². The van der Waals surface area contributed by atoms with Crippen LogP contribution in [0.4, 0.5) is 0 Å². The molecule has 10 heavy (non-hydrogen) atoms. The van der Waals surface area contributed by atoms with Gasteiger partial charge in [-0.05, 0) is 12.3 Å². The van der Waals surface area contributed by atoms with Gasteiger partial charge in [-0.15, -0.1) is 0 Å². The Morgan fingerprint density at radius 2 is 2.40 bits per heavy atom. The Labute approximate surface area is 61.6 Å². The average molecular weight is 142 g/mol. The molecule has 1 saturated carbocycles. The number of hydrogen-bond acceptors (Lipinski definition) is 2. The molecule has 0 aromatic heterocycles. The van der Waals surface area contributed by atoms with Crippen LogP contribution in [0.5, 0.6) is 0 Å². The molecule has 0 bridgehead atoms. The van der Waals surface area contributed by atoms with Gasteiger partial charge in [-0.2, -0.15) is 0 Å². The van der Waals surface area contributed by atoms with Crippen molar-refractivity contribution >= 4 is 6.29 Å². The van der Waals surface area contributed by atoms with Crippen LogP contribution < -0.4 is 0 Å². The van der Waals surface area contributed by atoms with Crippen LogP contribution in [0.15, 0.2) is 0 Å². The van der Waals surface area contributed by atoms with Gasteiger partial charge in [0.15, 0.2) is 0 Å². The van der Waals surface area contributed by atoms with Gasteiger partial charge in [-0.3, -0.25) is 0 Å². The molecule has 0 aromatic rings. The van der Waals surface area contributed by atoms with Crippen molar-refractivity contribution in [2.24, 2.45) is 5.92 Å². The van der Waals surface area contributed by atoms with E-state index >= 15 is 0 Å². The van der Waals surface area contributed by atoms with E-state index in [-0.39, 0.29) is 6.10 Å². The molecule has 1 unspecified atom stereocenters. The van der Waals surface area contributed by atoms with E-state index in [1.165, 1.54) is 12.8 Å². The summed E-state index contributed by atoms with van der Waals surface area (Å²) in [7, 11) is 1.68. The maximum Gasteiger partial charge on any atom is 0.122 e. The third kappa shape index (κ3) is 2.48. The summed E-state index contributed by atoms with van der Waals surface area (Å²) in [6.45, 7) is 0. The van der Waals surface area contributed by atoms with Gasteiger partial charge in [0.2, 0.25) is 0 Å². The third-order valence-electron chi connectivity index (χ3n) is 1.99. The highest BCUT2D eigenvalue weighted by Crippen LogP contribution is 2.34. The normalized spacial score (nSPS) is 20.5. The fraction of sp³-hybridized carbons (Fsp3) is 0.875. The fourth-order valence-electron chi connectivity index (χ4n) is 1.12. The highest BCUT2D eigenvalue weighted by molar-refractivity contribution is 5.50. The van der Waals surface area contributed by atoms with Gasteiger partial charge < -0.3 is 9.53 Å². The zero-order chi connectivity index (χ0) is 7.40. The Hall–Kier alpha value is -0.370. The first-order valence-electron chi connectivity index (χ1n) is 3.83. The largest absolute Gasteiger partial charge is 0.381 e.